The van der Waals surface area contributed by atoms with E-state index in [0.29, 0.717) is 29.9 Å². The third-order valence-corrected chi connectivity index (χ3v) is 6.13. The molecule has 1 fully saturated rings. The van der Waals surface area contributed by atoms with Gasteiger partial charge in [-0.05, 0) is 24.0 Å². The van der Waals surface area contributed by atoms with Gasteiger partial charge in [-0.25, -0.2) is 9.67 Å². The lowest BCUT2D eigenvalue weighted by Crippen LogP contribution is -2.38. The minimum atomic E-state index is -1.69. The molecule has 4 rings (SSSR count). The summed E-state index contributed by atoms with van der Waals surface area (Å²) in [5.74, 6) is 4.91. The Balaban J connectivity index is 1.75. The Hall–Kier alpha value is -3.22. The van der Waals surface area contributed by atoms with E-state index in [2.05, 4.69) is 21.9 Å². The fourth-order valence-electron chi connectivity index (χ4n) is 4.05. The Labute approximate surface area is 179 Å². The van der Waals surface area contributed by atoms with E-state index in [1.807, 2.05) is 13.8 Å². The average Bonchev–Trinajstić information content (AvgIpc) is 3.20. The molecular formula is C22H25N5O4. The van der Waals surface area contributed by atoms with Crippen molar-refractivity contribution in [2.45, 2.75) is 44.8 Å². The summed E-state index contributed by atoms with van der Waals surface area (Å²) < 4.78 is 1.57. The average molecular weight is 423 g/mol. The summed E-state index contributed by atoms with van der Waals surface area (Å²) in [6, 6.07) is 3.34. The summed E-state index contributed by atoms with van der Waals surface area (Å²) >= 11 is 0. The van der Waals surface area contributed by atoms with Gasteiger partial charge >= 0.3 is 0 Å². The Morgan fingerprint density at radius 1 is 1.39 bits per heavy atom. The van der Waals surface area contributed by atoms with Crippen LogP contribution in [0.2, 0.25) is 0 Å². The molecule has 3 heterocycles. The topological polar surface area (TPSA) is 135 Å². The number of nitrogens with two attached hydrogens (primary N) is 1. The molecule has 0 aromatic carbocycles. The number of pyridine rings is 1. The molecule has 9 nitrogen and oxygen atoms in total. The Kier molecular flexibility index (Phi) is 4.87. The smallest absolute Gasteiger partial charge is 0.269 e. The first kappa shape index (κ1) is 21.0. The quantitative estimate of drug-likeness (QED) is 0.573. The van der Waals surface area contributed by atoms with Crippen molar-refractivity contribution < 1.29 is 19.8 Å². The van der Waals surface area contributed by atoms with Crippen molar-refractivity contribution in [2.75, 3.05) is 13.6 Å². The van der Waals surface area contributed by atoms with Crippen LogP contribution in [0.25, 0.3) is 5.82 Å². The number of hydrogen-bond donors (Lipinski definition) is 3. The second-order valence-corrected chi connectivity index (χ2v) is 8.92. The number of hydrogen-bond acceptors (Lipinski definition) is 6. The van der Waals surface area contributed by atoms with Crippen molar-refractivity contribution in [3.8, 4) is 17.7 Å². The number of carbonyl (C=O) groups is 2. The van der Waals surface area contributed by atoms with E-state index >= 15 is 0 Å². The van der Waals surface area contributed by atoms with Crippen LogP contribution < -0.4 is 5.73 Å². The molecule has 2 unspecified atom stereocenters. The van der Waals surface area contributed by atoms with Crippen molar-refractivity contribution in [3.05, 3.63) is 40.8 Å². The first-order valence-electron chi connectivity index (χ1n) is 10.1. The minimum Gasteiger partial charge on any atom is -0.392 e. The first-order valence-corrected chi connectivity index (χ1v) is 10.1. The van der Waals surface area contributed by atoms with Crippen molar-refractivity contribution in [3.63, 3.8) is 0 Å². The number of aliphatic hydroxyl groups is 2. The van der Waals surface area contributed by atoms with Crippen LogP contribution in [0.5, 0.6) is 0 Å². The largest absolute Gasteiger partial charge is 0.392 e. The van der Waals surface area contributed by atoms with Gasteiger partial charge in [0, 0.05) is 43.8 Å². The molecule has 1 aliphatic heterocycles. The summed E-state index contributed by atoms with van der Waals surface area (Å²) in [6.45, 7) is 4.35. The van der Waals surface area contributed by atoms with E-state index in [1.54, 1.807) is 30.1 Å². The van der Waals surface area contributed by atoms with Gasteiger partial charge in [0.25, 0.3) is 11.8 Å². The highest BCUT2D eigenvalue weighted by Crippen LogP contribution is 2.37. The Bertz CT molecular complexity index is 1140. The molecule has 0 saturated carbocycles. The SMILES string of the molecule is CN1CCC(O)(C#Cc2ccnc(-n3nc(C(N)=O)c4c3CC(C)(C)C(O)C4)c2)C1=O. The van der Waals surface area contributed by atoms with E-state index in [-0.39, 0.29) is 18.5 Å². The Morgan fingerprint density at radius 3 is 2.77 bits per heavy atom. The number of rotatable bonds is 2. The molecule has 2 aliphatic rings. The maximum absolute atomic E-state index is 12.1. The molecule has 1 saturated heterocycles. The molecule has 9 heteroatoms. The minimum absolute atomic E-state index is 0.122. The van der Waals surface area contributed by atoms with E-state index in [4.69, 9.17) is 5.73 Å². The zero-order valence-corrected chi connectivity index (χ0v) is 17.7. The van der Waals surface area contributed by atoms with E-state index in [0.717, 1.165) is 5.69 Å². The molecule has 31 heavy (non-hydrogen) atoms. The molecule has 162 valence electrons. The molecule has 1 aliphatic carbocycles. The summed E-state index contributed by atoms with van der Waals surface area (Å²) in [5, 5.41) is 25.4. The van der Waals surface area contributed by atoms with E-state index in [9.17, 15) is 19.8 Å². The van der Waals surface area contributed by atoms with Gasteiger partial charge in [-0.15, -0.1) is 0 Å². The van der Waals surface area contributed by atoms with Gasteiger partial charge in [0.15, 0.2) is 11.5 Å². The highest BCUT2D eigenvalue weighted by atomic mass is 16.3. The van der Waals surface area contributed by atoms with Crippen LogP contribution in [0, 0.1) is 17.3 Å². The van der Waals surface area contributed by atoms with Gasteiger partial charge in [0.2, 0.25) is 5.60 Å². The van der Waals surface area contributed by atoms with Crippen LogP contribution in [0.4, 0.5) is 0 Å². The maximum Gasteiger partial charge on any atom is 0.269 e. The van der Waals surface area contributed by atoms with Crippen LogP contribution in [-0.4, -0.2) is 67.0 Å². The third kappa shape index (κ3) is 3.58. The summed E-state index contributed by atoms with van der Waals surface area (Å²) in [7, 11) is 1.63. The lowest BCUT2D eigenvalue weighted by molar-refractivity contribution is -0.137. The second-order valence-electron chi connectivity index (χ2n) is 8.92. The monoisotopic (exact) mass is 423 g/mol. The molecule has 2 atom stereocenters. The zero-order valence-electron chi connectivity index (χ0n) is 17.7. The van der Waals surface area contributed by atoms with Crippen LogP contribution in [0.3, 0.4) is 0 Å². The summed E-state index contributed by atoms with van der Waals surface area (Å²) in [4.78, 5) is 29.9. The van der Waals surface area contributed by atoms with Crippen molar-refractivity contribution >= 4 is 11.8 Å². The number of carbonyl (C=O) groups excluding carboxylic acids is 2. The predicted molar refractivity (Wildman–Crippen MR) is 111 cm³/mol. The molecule has 0 radical (unpaired) electrons. The number of aliphatic hydroxyl groups excluding tert-OH is 1. The fourth-order valence-corrected chi connectivity index (χ4v) is 4.05. The molecule has 2 aromatic heterocycles. The highest BCUT2D eigenvalue weighted by Gasteiger charge is 2.42. The molecule has 4 N–H and O–H groups in total. The normalized spacial score (nSPS) is 24.5. The van der Waals surface area contributed by atoms with E-state index in [1.165, 1.54) is 4.90 Å². The van der Waals surface area contributed by atoms with Crippen molar-refractivity contribution in [1.82, 2.24) is 19.7 Å². The molecule has 2 aromatic rings. The van der Waals surface area contributed by atoms with Crippen LogP contribution in [-0.2, 0) is 17.6 Å². The van der Waals surface area contributed by atoms with Crippen molar-refractivity contribution in [2.24, 2.45) is 11.1 Å². The van der Waals surface area contributed by atoms with Gasteiger partial charge in [0.05, 0.1) is 11.8 Å². The van der Waals surface area contributed by atoms with Crippen LogP contribution in [0.1, 0.15) is 47.6 Å². The fraction of sp³-hybridized carbons (Fsp3) is 0.455. The molecule has 0 bridgehead atoms. The third-order valence-electron chi connectivity index (χ3n) is 6.13. The maximum atomic E-state index is 12.1. The predicted octanol–water partition coefficient (Wildman–Crippen LogP) is -0.203. The molecule has 2 amide bonds. The standard InChI is InChI=1S/C22H25N5O4/c1-21(2)12-15-14(11-16(21)28)18(19(23)29)25-27(15)17-10-13(5-8-24-17)4-6-22(31)7-9-26(3)20(22)30/h5,8,10,16,28,31H,7,9,11-12H2,1-3H3,(H2,23,29). The highest BCUT2D eigenvalue weighted by molar-refractivity contribution is 5.93. The molecule has 0 spiro atoms. The lowest BCUT2D eigenvalue weighted by atomic mass is 9.74. The second kappa shape index (κ2) is 7.18. The number of fused-ring (bicyclic) bond motifs is 1. The van der Waals surface area contributed by atoms with Gasteiger partial charge in [0.1, 0.15) is 0 Å². The number of likely N-dealkylation sites (tertiary alicyclic amines) is 1. The summed E-state index contributed by atoms with van der Waals surface area (Å²) in [5.41, 5.74) is 5.49. The van der Waals surface area contributed by atoms with Crippen LogP contribution in [0.15, 0.2) is 18.3 Å². The number of amides is 2. The van der Waals surface area contributed by atoms with Gasteiger partial charge in [-0.1, -0.05) is 25.7 Å². The number of nitrogens with zero attached hydrogens (tertiary/aromatic N) is 4. The summed E-state index contributed by atoms with van der Waals surface area (Å²) in [6.07, 6.45) is 1.94. The van der Waals surface area contributed by atoms with E-state index < -0.39 is 28.9 Å². The first-order chi connectivity index (χ1) is 14.5. The van der Waals surface area contributed by atoms with Gasteiger partial charge < -0.3 is 20.8 Å². The van der Waals surface area contributed by atoms with Crippen molar-refractivity contribution in [1.29, 1.82) is 0 Å². The van der Waals surface area contributed by atoms with Crippen LogP contribution >= 0.6 is 0 Å². The van der Waals surface area contributed by atoms with Gasteiger partial charge in [-0.2, -0.15) is 5.10 Å². The lowest BCUT2D eigenvalue weighted by Gasteiger charge is -2.35. The number of aromatic nitrogens is 3. The molecular weight excluding hydrogens is 398 g/mol. The number of likely N-dealkylation sites (N-methyl/N-ethyl adjacent to an activating group) is 1. The Morgan fingerprint density at radius 2 is 2.13 bits per heavy atom. The zero-order chi connectivity index (χ0) is 22.6. The number of primary amides is 1. The van der Waals surface area contributed by atoms with Gasteiger partial charge in [-0.3, -0.25) is 9.59 Å².